The molecular weight excluding hydrogens is 486 g/mol. The standard InChI is InChI=1S/C28H29N5O3S/c1-2-37(34,35)26-8-4-7-24(18-26)32-28-19-27(29-20-30-28)31-23-6-3-5-22(17-23)21-9-11-25(12-10-21)33-13-15-36-16-14-33/h3-12,17-20H,2,13-16H2,1H3,(H2,29,30,31,32). The highest BCUT2D eigenvalue weighted by Crippen LogP contribution is 2.28. The molecule has 0 saturated carbocycles. The van der Waals surface area contributed by atoms with Gasteiger partial charge in [-0.25, -0.2) is 18.4 Å². The van der Waals surface area contributed by atoms with Crippen LogP contribution in [-0.2, 0) is 14.6 Å². The van der Waals surface area contributed by atoms with E-state index in [9.17, 15) is 8.42 Å². The molecular formula is C28H29N5O3S. The summed E-state index contributed by atoms with van der Waals surface area (Å²) in [6.45, 7) is 4.99. The molecule has 0 radical (unpaired) electrons. The summed E-state index contributed by atoms with van der Waals surface area (Å²) in [7, 11) is -3.29. The summed E-state index contributed by atoms with van der Waals surface area (Å²) in [6.07, 6.45) is 1.46. The zero-order valence-electron chi connectivity index (χ0n) is 20.6. The molecule has 0 bridgehead atoms. The maximum atomic E-state index is 12.2. The molecule has 1 fully saturated rings. The molecule has 9 heteroatoms. The number of aromatic nitrogens is 2. The molecule has 0 atom stereocenters. The van der Waals surface area contributed by atoms with Gasteiger partial charge in [-0.2, -0.15) is 0 Å². The van der Waals surface area contributed by atoms with Gasteiger partial charge < -0.3 is 20.3 Å². The van der Waals surface area contributed by atoms with Crippen LogP contribution in [0, 0.1) is 0 Å². The predicted octanol–water partition coefficient (Wildman–Crippen LogP) is 5.26. The van der Waals surface area contributed by atoms with Crippen LogP contribution >= 0.6 is 0 Å². The second kappa shape index (κ2) is 11.0. The third-order valence-electron chi connectivity index (χ3n) is 6.22. The van der Waals surface area contributed by atoms with Gasteiger partial charge in [-0.15, -0.1) is 0 Å². The van der Waals surface area contributed by atoms with E-state index in [1.165, 1.54) is 12.0 Å². The third-order valence-corrected chi connectivity index (χ3v) is 7.96. The topological polar surface area (TPSA) is 96.5 Å². The number of benzene rings is 3. The molecule has 0 unspecified atom stereocenters. The Morgan fingerprint density at radius 3 is 2.14 bits per heavy atom. The Kier molecular flexibility index (Phi) is 7.34. The molecule has 0 amide bonds. The monoisotopic (exact) mass is 515 g/mol. The average molecular weight is 516 g/mol. The number of nitrogens with one attached hydrogen (secondary N) is 2. The molecule has 1 aliphatic rings. The minimum Gasteiger partial charge on any atom is -0.378 e. The van der Waals surface area contributed by atoms with Crippen LogP contribution in [0.25, 0.3) is 11.1 Å². The van der Waals surface area contributed by atoms with E-state index in [1.807, 2.05) is 12.1 Å². The fraction of sp³-hybridized carbons (Fsp3) is 0.214. The molecule has 3 aromatic carbocycles. The second-order valence-corrected chi connectivity index (χ2v) is 11.0. The number of sulfone groups is 1. The molecule has 1 aromatic heterocycles. The number of anilines is 5. The van der Waals surface area contributed by atoms with E-state index in [4.69, 9.17) is 4.74 Å². The Morgan fingerprint density at radius 1 is 0.811 bits per heavy atom. The molecule has 0 spiro atoms. The number of ether oxygens (including phenoxy) is 1. The van der Waals surface area contributed by atoms with Crippen molar-refractivity contribution in [2.45, 2.75) is 11.8 Å². The lowest BCUT2D eigenvalue weighted by molar-refractivity contribution is 0.122. The van der Waals surface area contributed by atoms with E-state index >= 15 is 0 Å². The van der Waals surface area contributed by atoms with Gasteiger partial charge in [-0.1, -0.05) is 37.3 Å². The maximum Gasteiger partial charge on any atom is 0.178 e. The van der Waals surface area contributed by atoms with E-state index in [2.05, 4.69) is 61.9 Å². The first kappa shape index (κ1) is 24.7. The molecule has 5 rings (SSSR count). The molecule has 4 aromatic rings. The lowest BCUT2D eigenvalue weighted by Crippen LogP contribution is -2.36. The Morgan fingerprint density at radius 2 is 1.46 bits per heavy atom. The first-order valence-corrected chi connectivity index (χ1v) is 13.9. The quantitative estimate of drug-likeness (QED) is 0.328. The largest absolute Gasteiger partial charge is 0.378 e. The van der Waals surface area contributed by atoms with E-state index in [-0.39, 0.29) is 10.6 Å². The molecule has 1 saturated heterocycles. The highest BCUT2D eigenvalue weighted by molar-refractivity contribution is 7.91. The Labute approximate surface area is 217 Å². The van der Waals surface area contributed by atoms with Gasteiger partial charge in [0.1, 0.15) is 18.0 Å². The molecule has 8 nitrogen and oxygen atoms in total. The number of hydrogen-bond acceptors (Lipinski definition) is 8. The van der Waals surface area contributed by atoms with Crippen molar-refractivity contribution < 1.29 is 13.2 Å². The van der Waals surface area contributed by atoms with Crippen molar-refractivity contribution >= 4 is 38.5 Å². The van der Waals surface area contributed by atoms with Crippen molar-refractivity contribution in [3.63, 3.8) is 0 Å². The van der Waals surface area contributed by atoms with E-state index in [0.29, 0.717) is 17.3 Å². The average Bonchev–Trinajstić information content (AvgIpc) is 2.94. The lowest BCUT2D eigenvalue weighted by atomic mass is 10.0. The highest BCUT2D eigenvalue weighted by atomic mass is 32.2. The summed E-state index contributed by atoms with van der Waals surface area (Å²) in [6, 6.07) is 25.3. The first-order valence-electron chi connectivity index (χ1n) is 12.2. The van der Waals surface area contributed by atoms with Gasteiger partial charge in [-0.3, -0.25) is 0 Å². The second-order valence-electron chi connectivity index (χ2n) is 8.70. The van der Waals surface area contributed by atoms with Crippen LogP contribution < -0.4 is 15.5 Å². The summed E-state index contributed by atoms with van der Waals surface area (Å²) in [4.78, 5) is 11.2. The highest BCUT2D eigenvalue weighted by Gasteiger charge is 2.13. The van der Waals surface area contributed by atoms with Crippen molar-refractivity contribution in [3.05, 3.63) is 85.2 Å². The fourth-order valence-corrected chi connectivity index (χ4v) is 5.11. The van der Waals surface area contributed by atoms with Crippen LogP contribution in [0.1, 0.15) is 6.92 Å². The Balaban J connectivity index is 1.29. The molecule has 2 N–H and O–H groups in total. The van der Waals surface area contributed by atoms with Crippen LogP contribution in [0.4, 0.5) is 28.7 Å². The van der Waals surface area contributed by atoms with Gasteiger partial charge in [0, 0.05) is 36.2 Å². The van der Waals surface area contributed by atoms with Gasteiger partial charge in [0.05, 0.1) is 23.9 Å². The maximum absolute atomic E-state index is 12.2. The van der Waals surface area contributed by atoms with E-state index < -0.39 is 9.84 Å². The molecule has 2 heterocycles. The smallest absolute Gasteiger partial charge is 0.178 e. The van der Waals surface area contributed by atoms with Crippen LogP contribution in [0.15, 0.2) is 90.1 Å². The zero-order chi connectivity index (χ0) is 25.7. The first-order chi connectivity index (χ1) is 18.0. The Hall–Kier alpha value is -3.95. The molecule has 37 heavy (non-hydrogen) atoms. The normalized spacial score (nSPS) is 13.8. The molecule has 0 aliphatic carbocycles. The van der Waals surface area contributed by atoms with Gasteiger partial charge in [-0.05, 0) is 53.6 Å². The summed E-state index contributed by atoms with van der Waals surface area (Å²) in [5, 5.41) is 6.51. The number of hydrogen-bond donors (Lipinski definition) is 2. The summed E-state index contributed by atoms with van der Waals surface area (Å²) in [5.41, 5.74) is 4.98. The Bertz CT molecular complexity index is 1470. The van der Waals surface area contributed by atoms with Crippen molar-refractivity contribution in [1.82, 2.24) is 9.97 Å². The van der Waals surface area contributed by atoms with E-state index in [1.54, 1.807) is 37.3 Å². The summed E-state index contributed by atoms with van der Waals surface area (Å²) >= 11 is 0. The van der Waals surface area contributed by atoms with Gasteiger partial charge in [0.2, 0.25) is 0 Å². The summed E-state index contributed by atoms with van der Waals surface area (Å²) in [5.74, 6) is 1.22. The lowest BCUT2D eigenvalue weighted by Gasteiger charge is -2.28. The van der Waals surface area contributed by atoms with Crippen LogP contribution in [0.5, 0.6) is 0 Å². The van der Waals surface area contributed by atoms with Crippen molar-refractivity contribution in [3.8, 4) is 11.1 Å². The minimum atomic E-state index is -3.29. The fourth-order valence-electron chi connectivity index (χ4n) is 4.19. The summed E-state index contributed by atoms with van der Waals surface area (Å²) < 4.78 is 29.9. The van der Waals surface area contributed by atoms with Gasteiger partial charge in [0.25, 0.3) is 0 Å². The number of morpholine rings is 1. The molecule has 1 aliphatic heterocycles. The molecule has 190 valence electrons. The van der Waals surface area contributed by atoms with E-state index in [0.717, 1.165) is 43.1 Å². The van der Waals surface area contributed by atoms with Gasteiger partial charge >= 0.3 is 0 Å². The van der Waals surface area contributed by atoms with Gasteiger partial charge in [0.15, 0.2) is 9.84 Å². The number of nitrogens with zero attached hydrogens (tertiary/aromatic N) is 3. The van der Waals surface area contributed by atoms with Crippen LogP contribution in [0.3, 0.4) is 0 Å². The van der Waals surface area contributed by atoms with Crippen molar-refractivity contribution in [2.75, 3.05) is 47.6 Å². The van der Waals surface area contributed by atoms with Crippen molar-refractivity contribution in [1.29, 1.82) is 0 Å². The minimum absolute atomic E-state index is 0.0507. The predicted molar refractivity (Wildman–Crippen MR) is 148 cm³/mol. The number of rotatable bonds is 8. The van der Waals surface area contributed by atoms with Crippen LogP contribution in [0.2, 0.25) is 0 Å². The SMILES string of the molecule is CCS(=O)(=O)c1cccc(Nc2cc(Nc3cccc(-c4ccc(N5CCOCC5)cc4)c3)ncn2)c1. The van der Waals surface area contributed by atoms with Crippen molar-refractivity contribution in [2.24, 2.45) is 0 Å². The third kappa shape index (κ3) is 6.07. The van der Waals surface area contributed by atoms with Crippen LogP contribution in [-0.4, -0.2) is 50.4 Å². The zero-order valence-corrected chi connectivity index (χ0v) is 21.4.